The Morgan fingerprint density at radius 2 is 1.71 bits per heavy atom. The van der Waals surface area contributed by atoms with E-state index in [1.165, 1.54) is 4.90 Å². The van der Waals surface area contributed by atoms with Crippen molar-refractivity contribution in [3.8, 4) is 5.75 Å². The second kappa shape index (κ2) is 10.2. The monoisotopic (exact) mass is 473 g/mol. The quantitative estimate of drug-likeness (QED) is 0.507. The van der Waals surface area contributed by atoms with Gasteiger partial charge in [0.1, 0.15) is 18.3 Å². The Morgan fingerprint density at radius 1 is 1.03 bits per heavy atom. The topological polar surface area (TPSA) is 79.0 Å². The zero-order valence-corrected chi connectivity index (χ0v) is 20.6. The highest BCUT2D eigenvalue weighted by atomic mass is 16.5. The molecule has 0 fully saturated rings. The van der Waals surface area contributed by atoms with Gasteiger partial charge in [-0.3, -0.25) is 19.3 Å². The first kappa shape index (κ1) is 24.3. The van der Waals surface area contributed by atoms with Crippen molar-refractivity contribution in [1.29, 1.82) is 0 Å². The maximum atomic E-state index is 13.8. The summed E-state index contributed by atoms with van der Waals surface area (Å²) >= 11 is 0. The standard InChI is InChI=1S/C28H31N3O4/c1-5-23(27(33)29-18(2)3)30(16-19-12-14-21(35-4)15-13-19)25(32)17-31-24-11-7-9-20-8-6-10-22(26(20)24)28(31)34/h6-15,18,23H,5,16-17H2,1-4H3,(H,29,33)/t23-/m1/s1. The third kappa shape index (κ3) is 4.85. The lowest BCUT2D eigenvalue weighted by molar-refractivity contribution is -0.140. The summed E-state index contributed by atoms with van der Waals surface area (Å²) in [5, 5.41) is 4.75. The van der Waals surface area contributed by atoms with E-state index in [4.69, 9.17) is 4.74 Å². The van der Waals surface area contributed by atoms with E-state index < -0.39 is 6.04 Å². The summed E-state index contributed by atoms with van der Waals surface area (Å²) in [6.07, 6.45) is 0.449. The van der Waals surface area contributed by atoms with Crippen LogP contribution < -0.4 is 15.0 Å². The highest BCUT2D eigenvalue weighted by molar-refractivity contribution is 6.26. The molecule has 1 atom stereocenters. The molecule has 4 rings (SSSR count). The summed E-state index contributed by atoms with van der Waals surface area (Å²) < 4.78 is 5.24. The predicted molar refractivity (Wildman–Crippen MR) is 137 cm³/mol. The molecule has 7 heteroatoms. The molecule has 7 nitrogen and oxygen atoms in total. The molecule has 3 aromatic rings. The molecule has 1 N–H and O–H groups in total. The van der Waals surface area contributed by atoms with Crippen LogP contribution in [0.2, 0.25) is 0 Å². The maximum absolute atomic E-state index is 13.8. The zero-order chi connectivity index (χ0) is 25.1. The number of hydrogen-bond donors (Lipinski definition) is 1. The first-order chi connectivity index (χ1) is 16.8. The summed E-state index contributed by atoms with van der Waals surface area (Å²) in [4.78, 5) is 43.2. The number of methoxy groups -OCH3 is 1. The van der Waals surface area contributed by atoms with Crippen LogP contribution in [0.4, 0.5) is 5.69 Å². The lowest BCUT2D eigenvalue weighted by atomic mass is 10.1. The van der Waals surface area contributed by atoms with Gasteiger partial charge in [-0.25, -0.2) is 0 Å². The minimum atomic E-state index is -0.664. The third-order valence-corrected chi connectivity index (χ3v) is 6.27. The first-order valence-corrected chi connectivity index (χ1v) is 11.9. The number of anilines is 1. The van der Waals surface area contributed by atoms with Crippen molar-refractivity contribution in [2.45, 2.75) is 45.8 Å². The smallest absolute Gasteiger partial charge is 0.259 e. The van der Waals surface area contributed by atoms with E-state index in [-0.39, 0.29) is 36.9 Å². The fourth-order valence-electron chi connectivity index (χ4n) is 4.59. The number of ether oxygens (including phenoxy) is 1. The molecule has 0 saturated heterocycles. The van der Waals surface area contributed by atoms with Gasteiger partial charge in [-0.1, -0.05) is 43.3 Å². The van der Waals surface area contributed by atoms with Gasteiger partial charge < -0.3 is 15.0 Å². The van der Waals surface area contributed by atoms with Crippen LogP contribution in [0, 0.1) is 0 Å². The second-order valence-corrected chi connectivity index (χ2v) is 9.03. The lowest BCUT2D eigenvalue weighted by Crippen LogP contribution is -2.53. The van der Waals surface area contributed by atoms with Crippen LogP contribution in [0.1, 0.15) is 43.1 Å². The Balaban J connectivity index is 1.64. The minimum Gasteiger partial charge on any atom is -0.497 e. The minimum absolute atomic E-state index is 0.0539. The van der Waals surface area contributed by atoms with Crippen molar-refractivity contribution < 1.29 is 19.1 Å². The number of carbonyl (C=O) groups is 3. The Kier molecular flexibility index (Phi) is 7.05. The number of hydrogen-bond acceptors (Lipinski definition) is 4. The van der Waals surface area contributed by atoms with Crippen molar-refractivity contribution in [2.75, 3.05) is 18.6 Å². The molecule has 0 unspecified atom stereocenters. The van der Waals surface area contributed by atoms with Gasteiger partial charge >= 0.3 is 0 Å². The summed E-state index contributed by atoms with van der Waals surface area (Å²) in [7, 11) is 1.60. The Bertz CT molecular complexity index is 1250. The molecule has 1 heterocycles. The lowest BCUT2D eigenvalue weighted by Gasteiger charge is -2.32. The summed E-state index contributed by atoms with van der Waals surface area (Å²) in [6, 6.07) is 18.0. The van der Waals surface area contributed by atoms with Crippen molar-refractivity contribution >= 4 is 34.2 Å². The molecule has 1 aliphatic heterocycles. The SMILES string of the molecule is CC[C@H](C(=O)NC(C)C)N(Cc1ccc(OC)cc1)C(=O)CN1C(=O)c2cccc3cccc1c23. The van der Waals surface area contributed by atoms with Crippen molar-refractivity contribution in [2.24, 2.45) is 0 Å². The largest absolute Gasteiger partial charge is 0.497 e. The van der Waals surface area contributed by atoms with Crippen LogP contribution in [0.15, 0.2) is 60.7 Å². The molecule has 0 aromatic heterocycles. The molecule has 182 valence electrons. The van der Waals surface area contributed by atoms with E-state index in [2.05, 4.69) is 5.32 Å². The predicted octanol–water partition coefficient (Wildman–Crippen LogP) is 4.14. The molecule has 3 amide bonds. The number of benzene rings is 3. The number of rotatable bonds is 9. The molecule has 3 aromatic carbocycles. The molecular weight excluding hydrogens is 442 g/mol. The van der Waals surface area contributed by atoms with Crippen LogP contribution in [0.5, 0.6) is 5.75 Å². The van der Waals surface area contributed by atoms with E-state index >= 15 is 0 Å². The zero-order valence-electron chi connectivity index (χ0n) is 20.6. The number of carbonyl (C=O) groups excluding carboxylic acids is 3. The van der Waals surface area contributed by atoms with Crippen molar-refractivity contribution in [3.05, 3.63) is 71.8 Å². The van der Waals surface area contributed by atoms with E-state index in [1.807, 2.05) is 75.4 Å². The average molecular weight is 474 g/mol. The fourth-order valence-corrected chi connectivity index (χ4v) is 4.59. The summed E-state index contributed by atoms with van der Waals surface area (Å²) in [6.45, 7) is 5.76. The molecule has 35 heavy (non-hydrogen) atoms. The van der Waals surface area contributed by atoms with E-state index in [0.717, 1.165) is 22.0 Å². The van der Waals surface area contributed by atoms with Gasteiger partial charge in [-0.2, -0.15) is 0 Å². The van der Waals surface area contributed by atoms with E-state index in [1.54, 1.807) is 18.1 Å². The van der Waals surface area contributed by atoms with E-state index in [9.17, 15) is 14.4 Å². The Morgan fingerprint density at radius 3 is 2.34 bits per heavy atom. The average Bonchev–Trinajstić information content (AvgIpc) is 3.12. The van der Waals surface area contributed by atoms with Gasteiger partial charge in [-0.15, -0.1) is 0 Å². The van der Waals surface area contributed by atoms with Gasteiger partial charge in [0.25, 0.3) is 5.91 Å². The van der Waals surface area contributed by atoms with Crippen molar-refractivity contribution in [3.63, 3.8) is 0 Å². The van der Waals surface area contributed by atoms with Crippen LogP contribution in [-0.2, 0) is 16.1 Å². The van der Waals surface area contributed by atoms with Gasteiger partial charge in [-0.05, 0) is 55.5 Å². The van der Waals surface area contributed by atoms with E-state index in [0.29, 0.717) is 17.7 Å². The molecule has 0 radical (unpaired) electrons. The summed E-state index contributed by atoms with van der Waals surface area (Å²) in [5.74, 6) is 0.0196. The van der Waals surface area contributed by atoms with Crippen LogP contribution in [-0.4, -0.2) is 48.4 Å². The highest BCUT2D eigenvalue weighted by Crippen LogP contribution is 2.37. The normalized spacial score (nSPS) is 13.3. The molecule has 0 aliphatic carbocycles. The first-order valence-electron chi connectivity index (χ1n) is 11.9. The van der Waals surface area contributed by atoms with Crippen LogP contribution in [0.25, 0.3) is 10.8 Å². The Hall–Kier alpha value is -3.87. The highest BCUT2D eigenvalue weighted by Gasteiger charge is 2.35. The van der Waals surface area contributed by atoms with Crippen LogP contribution >= 0.6 is 0 Å². The third-order valence-electron chi connectivity index (χ3n) is 6.27. The van der Waals surface area contributed by atoms with Gasteiger partial charge in [0.2, 0.25) is 11.8 Å². The fraction of sp³-hybridized carbons (Fsp3) is 0.321. The number of nitrogens with zero attached hydrogens (tertiary/aromatic N) is 2. The molecule has 0 spiro atoms. The Labute approximate surface area is 205 Å². The van der Waals surface area contributed by atoms with Crippen molar-refractivity contribution in [1.82, 2.24) is 10.2 Å². The molecule has 1 aliphatic rings. The number of nitrogens with one attached hydrogen (secondary N) is 1. The molecule has 0 bridgehead atoms. The van der Waals surface area contributed by atoms with Gasteiger partial charge in [0.05, 0.1) is 12.8 Å². The van der Waals surface area contributed by atoms with Crippen LogP contribution in [0.3, 0.4) is 0 Å². The maximum Gasteiger partial charge on any atom is 0.259 e. The molecule has 0 saturated carbocycles. The van der Waals surface area contributed by atoms with Gasteiger partial charge in [0.15, 0.2) is 0 Å². The summed E-state index contributed by atoms with van der Waals surface area (Å²) in [5.41, 5.74) is 2.19. The van der Waals surface area contributed by atoms with Gasteiger partial charge in [0, 0.05) is 23.5 Å². The number of amides is 3. The molecular formula is C28H31N3O4. The second-order valence-electron chi connectivity index (χ2n) is 9.03.